The number of nitrogens with zero attached hydrogens (tertiary/aromatic N) is 1. The number of anilines is 2. The molecule has 17 heavy (non-hydrogen) atoms. The molecular formula is C12H16N2O2S. The number of hydrogen-bond donors (Lipinski definition) is 1. The highest BCUT2D eigenvalue weighted by atomic mass is 32.2. The monoisotopic (exact) mass is 252 g/mol. The zero-order valence-corrected chi connectivity index (χ0v) is 11.0. The van der Waals surface area contributed by atoms with Crippen LogP contribution in [0.15, 0.2) is 23.1 Å². The lowest BCUT2D eigenvalue weighted by atomic mass is 10.2. The molecule has 0 fully saturated rings. The van der Waals surface area contributed by atoms with E-state index in [2.05, 4.69) is 5.32 Å². The number of thioether (sulfide) groups is 1. The molecule has 0 aliphatic carbocycles. The first-order valence-corrected chi connectivity index (χ1v) is 6.34. The summed E-state index contributed by atoms with van der Waals surface area (Å²) in [4.78, 5) is 14.9. The van der Waals surface area contributed by atoms with E-state index < -0.39 is 0 Å². The minimum absolute atomic E-state index is 0.0573. The predicted molar refractivity (Wildman–Crippen MR) is 70.7 cm³/mol. The molecule has 1 atom stereocenters. The van der Waals surface area contributed by atoms with Gasteiger partial charge in [0.2, 0.25) is 5.91 Å². The van der Waals surface area contributed by atoms with E-state index in [9.17, 15) is 4.79 Å². The molecule has 1 N–H and O–H groups in total. The van der Waals surface area contributed by atoms with E-state index in [0.29, 0.717) is 6.73 Å². The van der Waals surface area contributed by atoms with Crippen LogP contribution < -0.4 is 10.2 Å². The van der Waals surface area contributed by atoms with Crippen LogP contribution in [-0.2, 0) is 9.53 Å². The number of carbonyl (C=O) groups is 1. The van der Waals surface area contributed by atoms with Gasteiger partial charge in [0, 0.05) is 24.7 Å². The fourth-order valence-corrected chi connectivity index (χ4v) is 2.87. The highest BCUT2D eigenvalue weighted by Crippen LogP contribution is 2.40. The first kappa shape index (κ1) is 12.3. The van der Waals surface area contributed by atoms with Crippen molar-refractivity contribution >= 4 is 29.0 Å². The summed E-state index contributed by atoms with van der Waals surface area (Å²) in [7, 11) is 3.46. The molecule has 0 spiro atoms. The summed E-state index contributed by atoms with van der Waals surface area (Å²) in [6, 6.07) is 6.03. The molecule has 5 heteroatoms. The maximum Gasteiger partial charge on any atom is 0.242 e. The summed E-state index contributed by atoms with van der Waals surface area (Å²) in [5, 5.41) is 3.02. The number of methoxy groups -OCH3 is 1. The highest BCUT2D eigenvalue weighted by Gasteiger charge is 2.30. The van der Waals surface area contributed by atoms with Gasteiger partial charge in [-0.3, -0.25) is 9.69 Å². The highest BCUT2D eigenvalue weighted by molar-refractivity contribution is 8.00. The molecule has 0 bridgehead atoms. The average molecular weight is 252 g/mol. The molecule has 1 aromatic carbocycles. The molecule has 4 nitrogen and oxygen atoms in total. The standard InChI is InChI=1S/C12H16N2O2S/c1-8-12(15)14(7-16-3)10-6-9(13-2)4-5-11(10)17-8/h4-6,8,13H,7H2,1-3H3. The SMILES string of the molecule is CNc1ccc2c(c1)N(COC)C(=O)C(C)S2. The third-order valence-corrected chi connectivity index (χ3v) is 3.87. The number of rotatable bonds is 3. The largest absolute Gasteiger partial charge is 0.388 e. The molecule has 1 aliphatic heterocycles. The van der Waals surface area contributed by atoms with Crippen LogP contribution in [0.5, 0.6) is 0 Å². The van der Waals surface area contributed by atoms with Gasteiger partial charge in [0.15, 0.2) is 0 Å². The van der Waals surface area contributed by atoms with Crippen molar-refractivity contribution in [3.05, 3.63) is 18.2 Å². The van der Waals surface area contributed by atoms with Crippen molar-refractivity contribution < 1.29 is 9.53 Å². The van der Waals surface area contributed by atoms with E-state index in [1.807, 2.05) is 32.2 Å². The molecule has 0 saturated carbocycles. The van der Waals surface area contributed by atoms with Crippen molar-refractivity contribution in [2.24, 2.45) is 0 Å². The molecule has 0 aromatic heterocycles. The fourth-order valence-electron chi connectivity index (χ4n) is 1.82. The van der Waals surface area contributed by atoms with Crippen LogP contribution in [0.4, 0.5) is 11.4 Å². The van der Waals surface area contributed by atoms with Gasteiger partial charge < -0.3 is 10.1 Å². The quantitative estimate of drug-likeness (QED) is 0.895. The number of ether oxygens (including phenoxy) is 1. The lowest BCUT2D eigenvalue weighted by Crippen LogP contribution is -2.40. The van der Waals surface area contributed by atoms with Crippen molar-refractivity contribution in [3.63, 3.8) is 0 Å². The Kier molecular flexibility index (Phi) is 3.59. The Hall–Kier alpha value is -1.20. The minimum Gasteiger partial charge on any atom is -0.388 e. The van der Waals surface area contributed by atoms with E-state index in [0.717, 1.165) is 16.3 Å². The van der Waals surface area contributed by atoms with E-state index >= 15 is 0 Å². The minimum atomic E-state index is -0.0573. The molecule has 1 heterocycles. The summed E-state index contributed by atoms with van der Waals surface area (Å²) in [5.41, 5.74) is 1.92. The van der Waals surface area contributed by atoms with Crippen LogP contribution in [0.3, 0.4) is 0 Å². The van der Waals surface area contributed by atoms with Crippen molar-refractivity contribution in [2.45, 2.75) is 17.1 Å². The van der Waals surface area contributed by atoms with Crippen molar-refractivity contribution in [2.75, 3.05) is 31.1 Å². The van der Waals surface area contributed by atoms with Crippen LogP contribution in [0, 0.1) is 0 Å². The second-order valence-electron chi connectivity index (χ2n) is 3.88. The third-order valence-electron chi connectivity index (χ3n) is 2.71. The van der Waals surface area contributed by atoms with Crippen molar-refractivity contribution in [3.8, 4) is 0 Å². The Morgan fingerprint density at radius 1 is 1.53 bits per heavy atom. The average Bonchev–Trinajstić information content (AvgIpc) is 2.34. The molecule has 0 radical (unpaired) electrons. The molecule has 1 unspecified atom stereocenters. The zero-order valence-electron chi connectivity index (χ0n) is 10.2. The second-order valence-corrected chi connectivity index (χ2v) is 5.26. The summed E-state index contributed by atoms with van der Waals surface area (Å²) in [5.74, 6) is 0.0950. The number of fused-ring (bicyclic) bond motifs is 1. The smallest absolute Gasteiger partial charge is 0.242 e. The molecule has 1 aliphatic rings. The Bertz CT molecular complexity index is 437. The van der Waals surface area contributed by atoms with Gasteiger partial charge in [-0.15, -0.1) is 11.8 Å². The van der Waals surface area contributed by atoms with Crippen molar-refractivity contribution in [1.82, 2.24) is 0 Å². The number of amides is 1. The Balaban J connectivity index is 2.43. The number of benzene rings is 1. The topological polar surface area (TPSA) is 41.6 Å². The Labute approximate surface area is 105 Å². The van der Waals surface area contributed by atoms with E-state index in [-0.39, 0.29) is 11.2 Å². The van der Waals surface area contributed by atoms with Gasteiger partial charge in [-0.2, -0.15) is 0 Å². The van der Waals surface area contributed by atoms with Crippen LogP contribution in [-0.4, -0.2) is 32.0 Å². The molecule has 1 aromatic rings. The lowest BCUT2D eigenvalue weighted by molar-refractivity contribution is -0.119. The molecule has 2 rings (SSSR count). The van der Waals surface area contributed by atoms with E-state index in [4.69, 9.17) is 4.74 Å². The first-order valence-electron chi connectivity index (χ1n) is 5.46. The van der Waals surface area contributed by atoms with Gasteiger partial charge in [0.1, 0.15) is 6.73 Å². The summed E-state index contributed by atoms with van der Waals surface area (Å²) in [6.07, 6.45) is 0. The molecule has 92 valence electrons. The lowest BCUT2D eigenvalue weighted by Gasteiger charge is -2.32. The van der Waals surface area contributed by atoms with Gasteiger partial charge in [0.25, 0.3) is 0 Å². The van der Waals surface area contributed by atoms with Gasteiger partial charge in [-0.1, -0.05) is 0 Å². The summed E-state index contributed by atoms with van der Waals surface area (Å²) >= 11 is 1.59. The van der Waals surface area contributed by atoms with Gasteiger partial charge in [-0.05, 0) is 25.1 Å². The molecule has 0 saturated heterocycles. The fraction of sp³-hybridized carbons (Fsp3) is 0.417. The zero-order chi connectivity index (χ0) is 12.4. The van der Waals surface area contributed by atoms with Gasteiger partial charge >= 0.3 is 0 Å². The Morgan fingerprint density at radius 2 is 2.29 bits per heavy atom. The van der Waals surface area contributed by atoms with E-state index in [1.165, 1.54) is 0 Å². The molecular weight excluding hydrogens is 236 g/mol. The number of carbonyl (C=O) groups excluding carboxylic acids is 1. The molecule has 1 amide bonds. The van der Waals surface area contributed by atoms with Gasteiger partial charge in [-0.25, -0.2) is 0 Å². The summed E-state index contributed by atoms with van der Waals surface area (Å²) in [6.45, 7) is 2.22. The van der Waals surface area contributed by atoms with Crippen LogP contribution >= 0.6 is 11.8 Å². The predicted octanol–water partition coefficient (Wildman–Crippen LogP) is 2.16. The normalized spacial score (nSPS) is 19.1. The third kappa shape index (κ3) is 2.25. The maximum atomic E-state index is 12.1. The maximum absolute atomic E-state index is 12.1. The Morgan fingerprint density at radius 3 is 2.94 bits per heavy atom. The number of hydrogen-bond acceptors (Lipinski definition) is 4. The van der Waals surface area contributed by atoms with Crippen LogP contribution in [0.1, 0.15) is 6.92 Å². The van der Waals surface area contributed by atoms with E-state index in [1.54, 1.807) is 23.8 Å². The second kappa shape index (κ2) is 4.98. The number of nitrogens with one attached hydrogen (secondary N) is 1. The first-order chi connectivity index (χ1) is 8.17. The van der Waals surface area contributed by atoms with Crippen molar-refractivity contribution in [1.29, 1.82) is 0 Å². The van der Waals surface area contributed by atoms with Crippen LogP contribution in [0.25, 0.3) is 0 Å². The summed E-state index contributed by atoms with van der Waals surface area (Å²) < 4.78 is 5.11. The van der Waals surface area contributed by atoms with Gasteiger partial charge in [0.05, 0.1) is 10.9 Å². The van der Waals surface area contributed by atoms with Crippen LogP contribution in [0.2, 0.25) is 0 Å².